The van der Waals surface area contributed by atoms with Crippen molar-refractivity contribution >= 4 is 17.8 Å². The highest BCUT2D eigenvalue weighted by atomic mass is 19.1. The minimum atomic E-state index is -0.776. The van der Waals surface area contributed by atoms with Gasteiger partial charge >= 0.3 is 12.1 Å². The molecule has 0 atom stereocenters. The molecule has 8 heteroatoms. The van der Waals surface area contributed by atoms with E-state index in [1.807, 2.05) is 25.1 Å². The second-order valence-corrected chi connectivity index (χ2v) is 9.98. The highest BCUT2D eigenvalue weighted by Crippen LogP contribution is 2.30. The van der Waals surface area contributed by atoms with Crippen LogP contribution in [0.2, 0.25) is 0 Å². The predicted molar refractivity (Wildman–Crippen MR) is 135 cm³/mol. The molecule has 0 spiro atoms. The lowest BCUT2D eigenvalue weighted by atomic mass is 9.85. The number of aliphatic carboxylic acids is 1. The van der Waals surface area contributed by atoms with Gasteiger partial charge in [-0.1, -0.05) is 18.2 Å². The van der Waals surface area contributed by atoms with E-state index in [0.29, 0.717) is 50.3 Å². The lowest BCUT2D eigenvalue weighted by Crippen LogP contribution is -2.39. The number of Topliss-reactive ketones (excluding diaryl/α,β-unsaturated/α-hetero) is 1. The highest BCUT2D eigenvalue weighted by Gasteiger charge is 2.28. The lowest BCUT2D eigenvalue weighted by Gasteiger charge is -2.32. The molecule has 4 rings (SSSR count). The van der Waals surface area contributed by atoms with Gasteiger partial charge in [-0.15, -0.1) is 0 Å². The fourth-order valence-electron chi connectivity index (χ4n) is 5.28. The van der Waals surface area contributed by atoms with Crippen molar-refractivity contribution in [1.82, 2.24) is 4.90 Å². The number of benzene rings is 2. The van der Waals surface area contributed by atoms with E-state index in [1.165, 1.54) is 12.1 Å². The van der Waals surface area contributed by atoms with Crippen molar-refractivity contribution in [2.75, 3.05) is 13.2 Å². The molecule has 2 aromatic carbocycles. The van der Waals surface area contributed by atoms with E-state index < -0.39 is 11.8 Å². The van der Waals surface area contributed by atoms with Crippen molar-refractivity contribution in [3.05, 3.63) is 64.5 Å². The number of fused-ring (bicyclic) bond motifs is 1. The smallest absolute Gasteiger partial charge is 0.410 e. The van der Waals surface area contributed by atoms with Crippen molar-refractivity contribution in [3.8, 4) is 5.75 Å². The predicted octanol–water partition coefficient (Wildman–Crippen LogP) is 5.11. The number of rotatable bonds is 9. The molecule has 1 saturated carbocycles. The summed E-state index contributed by atoms with van der Waals surface area (Å²) >= 11 is 0. The first-order chi connectivity index (χ1) is 17.8. The number of ether oxygens (including phenoxy) is 2. The standard InChI is InChI=1S/C29H34FNO6/c1-2-36-27-10-7-24(30)16-23(27)17-25(32)14-20-3-6-22-18-31(12-11-21(22)13-20)29(35)37-26-8-4-19(5-9-26)15-28(33)34/h3,6-7,10,13,16,19,26H,2,4-5,8-9,11-12,14-15,17-18H2,1H3,(H,33,34). The van der Waals surface area contributed by atoms with E-state index in [0.717, 1.165) is 29.5 Å². The zero-order valence-corrected chi connectivity index (χ0v) is 21.2. The SMILES string of the molecule is CCOc1ccc(F)cc1CC(=O)Cc1ccc2c(c1)CCN(C(=O)OC1CCC(CC(=O)O)CC1)C2. The zero-order valence-electron chi connectivity index (χ0n) is 21.2. The van der Waals surface area contributed by atoms with Gasteiger partial charge in [0.1, 0.15) is 23.5 Å². The summed E-state index contributed by atoms with van der Waals surface area (Å²) in [6, 6.07) is 10.1. The fourth-order valence-corrected chi connectivity index (χ4v) is 5.28. The molecule has 1 heterocycles. The summed E-state index contributed by atoms with van der Waals surface area (Å²) in [6.45, 7) is 3.28. The Balaban J connectivity index is 1.29. The molecule has 1 aliphatic carbocycles. The van der Waals surface area contributed by atoms with E-state index in [1.54, 1.807) is 11.0 Å². The summed E-state index contributed by atoms with van der Waals surface area (Å²) in [5, 5.41) is 8.96. The van der Waals surface area contributed by atoms with Gasteiger partial charge in [0.05, 0.1) is 6.61 Å². The number of halogens is 1. The maximum Gasteiger partial charge on any atom is 0.410 e. The molecule has 198 valence electrons. The maximum absolute atomic E-state index is 13.7. The van der Waals surface area contributed by atoms with Crippen LogP contribution >= 0.6 is 0 Å². The van der Waals surface area contributed by atoms with Crippen LogP contribution in [0.3, 0.4) is 0 Å². The van der Waals surface area contributed by atoms with Crippen LogP contribution in [0.5, 0.6) is 5.75 Å². The van der Waals surface area contributed by atoms with Gasteiger partial charge in [-0.25, -0.2) is 9.18 Å². The normalized spacial score (nSPS) is 19.1. The van der Waals surface area contributed by atoms with Crippen molar-refractivity contribution in [2.24, 2.45) is 5.92 Å². The van der Waals surface area contributed by atoms with Crippen LogP contribution in [0, 0.1) is 11.7 Å². The number of carboxylic acids is 1. The van der Waals surface area contributed by atoms with Crippen LogP contribution in [-0.4, -0.2) is 47.1 Å². The maximum atomic E-state index is 13.7. The summed E-state index contributed by atoms with van der Waals surface area (Å²) < 4.78 is 25.0. The molecule has 1 aliphatic heterocycles. The Bertz CT molecular complexity index is 1140. The number of carbonyl (C=O) groups is 3. The Kier molecular flexibility index (Phi) is 8.79. The number of ketones is 1. The van der Waals surface area contributed by atoms with Crippen LogP contribution < -0.4 is 4.74 Å². The van der Waals surface area contributed by atoms with Gasteiger partial charge in [0.25, 0.3) is 0 Å². The summed E-state index contributed by atoms with van der Waals surface area (Å²) in [4.78, 5) is 38.1. The van der Waals surface area contributed by atoms with E-state index in [-0.39, 0.29) is 43.2 Å². The van der Waals surface area contributed by atoms with Gasteiger partial charge in [-0.05, 0) is 79.8 Å². The number of hydrogen-bond donors (Lipinski definition) is 1. The Morgan fingerprint density at radius 2 is 1.81 bits per heavy atom. The van der Waals surface area contributed by atoms with Crippen molar-refractivity contribution in [2.45, 2.75) is 70.9 Å². The summed E-state index contributed by atoms with van der Waals surface area (Å²) in [5.74, 6) is -0.499. The highest BCUT2D eigenvalue weighted by molar-refractivity contribution is 5.83. The molecule has 1 amide bonds. The number of carbonyl (C=O) groups excluding carboxylic acids is 2. The van der Waals surface area contributed by atoms with Crippen LogP contribution in [-0.2, 0) is 40.1 Å². The number of amides is 1. The Labute approximate surface area is 216 Å². The monoisotopic (exact) mass is 511 g/mol. The first-order valence-corrected chi connectivity index (χ1v) is 13.0. The van der Waals surface area contributed by atoms with Gasteiger partial charge in [0.2, 0.25) is 0 Å². The summed E-state index contributed by atoms with van der Waals surface area (Å²) in [7, 11) is 0. The van der Waals surface area contributed by atoms with E-state index in [4.69, 9.17) is 14.6 Å². The molecule has 2 aromatic rings. The molecule has 0 aromatic heterocycles. The molecule has 37 heavy (non-hydrogen) atoms. The lowest BCUT2D eigenvalue weighted by molar-refractivity contribution is -0.138. The molecular formula is C29H34FNO6. The second kappa shape index (κ2) is 12.2. The third-order valence-electron chi connectivity index (χ3n) is 7.18. The summed E-state index contributed by atoms with van der Waals surface area (Å²) in [6.07, 6.45) is 3.64. The van der Waals surface area contributed by atoms with Gasteiger partial charge < -0.3 is 19.5 Å². The molecule has 0 radical (unpaired) electrons. The van der Waals surface area contributed by atoms with E-state index >= 15 is 0 Å². The van der Waals surface area contributed by atoms with Crippen LogP contribution in [0.15, 0.2) is 36.4 Å². The molecule has 1 fully saturated rings. The topological polar surface area (TPSA) is 93.1 Å². The largest absolute Gasteiger partial charge is 0.494 e. The van der Waals surface area contributed by atoms with E-state index in [9.17, 15) is 18.8 Å². The summed E-state index contributed by atoms with van der Waals surface area (Å²) in [5.41, 5.74) is 3.60. The Hall–Kier alpha value is -3.42. The van der Waals surface area contributed by atoms with Crippen LogP contribution in [0.25, 0.3) is 0 Å². The van der Waals surface area contributed by atoms with Crippen molar-refractivity contribution in [1.29, 1.82) is 0 Å². The minimum absolute atomic E-state index is 0.0226. The van der Waals surface area contributed by atoms with Gasteiger partial charge in [-0.3, -0.25) is 9.59 Å². The number of carboxylic acid groups (broad SMARTS) is 1. The molecule has 0 bridgehead atoms. The zero-order chi connectivity index (χ0) is 26.4. The van der Waals surface area contributed by atoms with Crippen LogP contribution in [0.4, 0.5) is 9.18 Å². The molecule has 1 N–H and O–H groups in total. The third-order valence-corrected chi connectivity index (χ3v) is 7.18. The molecule has 0 saturated heterocycles. The van der Waals surface area contributed by atoms with Crippen molar-refractivity contribution in [3.63, 3.8) is 0 Å². The first-order valence-electron chi connectivity index (χ1n) is 13.0. The number of nitrogens with zero attached hydrogens (tertiary/aromatic N) is 1. The average molecular weight is 512 g/mol. The molecule has 2 aliphatic rings. The fraction of sp³-hybridized carbons (Fsp3) is 0.483. The molecular weight excluding hydrogens is 477 g/mol. The van der Waals surface area contributed by atoms with E-state index in [2.05, 4.69) is 0 Å². The quantitative estimate of drug-likeness (QED) is 0.503. The Morgan fingerprint density at radius 3 is 2.54 bits per heavy atom. The van der Waals surface area contributed by atoms with Gasteiger partial charge in [0.15, 0.2) is 0 Å². The second-order valence-electron chi connectivity index (χ2n) is 9.98. The first kappa shape index (κ1) is 26.6. The molecule has 0 unspecified atom stereocenters. The van der Waals surface area contributed by atoms with Crippen LogP contribution in [0.1, 0.15) is 61.3 Å². The number of hydrogen-bond acceptors (Lipinski definition) is 5. The molecule has 7 nitrogen and oxygen atoms in total. The third kappa shape index (κ3) is 7.31. The van der Waals surface area contributed by atoms with Gasteiger partial charge in [0, 0.05) is 37.9 Å². The van der Waals surface area contributed by atoms with Crippen molar-refractivity contribution < 1.29 is 33.4 Å². The van der Waals surface area contributed by atoms with Gasteiger partial charge in [-0.2, -0.15) is 0 Å². The minimum Gasteiger partial charge on any atom is -0.494 e. The average Bonchev–Trinajstić information content (AvgIpc) is 2.86. The Morgan fingerprint density at radius 1 is 1.03 bits per heavy atom.